The van der Waals surface area contributed by atoms with E-state index in [1.807, 2.05) is 0 Å². The summed E-state index contributed by atoms with van der Waals surface area (Å²) < 4.78 is 41.7. The molecule has 0 spiro atoms. The minimum Gasteiger partial charge on any atom is -0.481 e. The van der Waals surface area contributed by atoms with E-state index in [0.29, 0.717) is 22.2 Å². The molecule has 0 fully saturated rings. The maximum Gasteiger partial charge on any atom is 0.389 e. The van der Waals surface area contributed by atoms with E-state index in [2.05, 4.69) is 5.32 Å². The molecular formula is C16H14F3NO4. The lowest BCUT2D eigenvalue weighted by atomic mass is 10.1. The molecule has 1 amide bonds. The predicted octanol–water partition coefficient (Wildman–Crippen LogP) is 3.58. The SMILES string of the molecule is O=C(O)COc1ccc(NC(=O)CCC(F)(F)F)c2ccccc12. The van der Waals surface area contributed by atoms with Gasteiger partial charge in [-0.25, -0.2) is 4.79 Å². The van der Waals surface area contributed by atoms with Gasteiger partial charge in [0, 0.05) is 22.9 Å². The fourth-order valence-electron chi connectivity index (χ4n) is 2.11. The van der Waals surface area contributed by atoms with Gasteiger partial charge < -0.3 is 15.2 Å². The normalized spacial score (nSPS) is 11.3. The molecule has 0 heterocycles. The Kier molecular flexibility index (Phi) is 5.28. The molecule has 0 saturated carbocycles. The topological polar surface area (TPSA) is 75.6 Å². The minimum atomic E-state index is -4.39. The number of fused-ring (bicyclic) bond motifs is 1. The monoisotopic (exact) mass is 341 g/mol. The Hall–Kier alpha value is -2.77. The van der Waals surface area contributed by atoms with Crippen LogP contribution in [0.25, 0.3) is 10.8 Å². The molecule has 2 aromatic rings. The average Bonchev–Trinajstić information content (AvgIpc) is 2.51. The smallest absolute Gasteiger partial charge is 0.389 e. The third-order valence-corrected chi connectivity index (χ3v) is 3.14. The molecule has 8 heteroatoms. The summed E-state index contributed by atoms with van der Waals surface area (Å²) in [7, 11) is 0. The number of alkyl halides is 3. The molecule has 2 N–H and O–H groups in total. The van der Waals surface area contributed by atoms with E-state index in [1.165, 1.54) is 12.1 Å². The number of halogens is 3. The van der Waals surface area contributed by atoms with Crippen LogP contribution in [0, 0.1) is 0 Å². The number of carboxylic acid groups (broad SMARTS) is 1. The van der Waals surface area contributed by atoms with Crippen molar-refractivity contribution < 1.29 is 32.6 Å². The van der Waals surface area contributed by atoms with Crippen LogP contribution in [0.15, 0.2) is 36.4 Å². The fraction of sp³-hybridized carbons (Fsp3) is 0.250. The molecule has 0 bridgehead atoms. The molecule has 0 aliphatic rings. The summed E-state index contributed by atoms with van der Waals surface area (Å²) in [6.45, 7) is -0.527. The number of carboxylic acids is 1. The quantitative estimate of drug-likeness (QED) is 0.842. The first-order valence-electron chi connectivity index (χ1n) is 6.99. The summed E-state index contributed by atoms with van der Waals surface area (Å²) in [4.78, 5) is 22.3. The fourth-order valence-corrected chi connectivity index (χ4v) is 2.11. The first kappa shape index (κ1) is 17.6. The largest absolute Gasteiger partial charge is 0.481 e. The molecule has 2 aromatic carbocycles. The predicted molar refractivity (Wildman–Crippen MR) is 81.0 cm³/mol. The summed E-state index contributed by atoms with van der Waals surface area (Å²) in [5.74, 6) is -1.58. The zero-order valence-electron chi connectivity index (χ0n) is 12.4. The van der Waals surface area contributed by atoms with Crippen molar-refractivity contribution in [1.82, 2.24) is 0 Å². The number of amides is 1. The van der Waals surface area contributed by atoms with Crippen LogP contribution in [0.2, 0.25) is 0 Å². The number of hydrogen-bond donors (Lipinski definition) is 2. The molecule has 5 nitrogen and oxygen atoms in total. The number of ether oxygens (including phenoxy) is 1. The summed E-state index contributed by atoms with van der Waals surface area (Å²) in [5, 5.41) is 12.2. The second-order valence-electron chi connectivity index (χ2n) is 5.00. The van der Waals surface area contributed by atoms with E-state index in [4.69, 9.17) is 9.84 Å². The van der Waals surface area contributed by atoms with E-state index in [0.717, 1.165) is 0 Å². The molecule has 0 atom stereocenters. The first-order chi connectivity index (χ1) is 11.3. The van der Waals surface area contributed by atoms with Crippen molar-refractivity contribution in [3.8, 4) is 5.75 Å². The Balaban J connectivity index is 2.21. The van der Waals surface area contributed by atoms with Gasteiger partial charge in [0.1, 0.15) is 5.75 Å². The van der Waals surface area contributed by atoms with Crippen molar-refractivity contribution in [3.63, 3.8) is 0 Å². The van der Waals surface area contributed by atoms with Crippen molar-refractivity contribution >= 4 is 28.3 Å². The number of nitrogens with one attached hydrogen (secondary N) is 1. The van der Waals surface area contributed by atoms with Gasteiger partial charge in [-0.05, 0) is 12.1 Å². The lowest BCUT2D eigenvalue weighted by molar-refractivity contribution is -0.142. The van der Waals surface area contributed by atoms with E-state index < -0.39 is 37.5 Å². The number of aliphatic carboxylic acids is 1. The summed E-state index contributed by atoms with van der Waals surface area (Å²) >= 11 is 0. The third-order valence-electron chi connectivity index (χ3n) is 3.14. The second-order valence-corrected chi connectivity index (χ2v) is 5.00. The van der Waals surface area contributed by atoms with E-state index in [-0.39, 0.29) is 0 Å². The Morgan fingerprint density at radius 2 is 1.75 bits per heavy atom. The molecule has 0 aliphatic carbocycles. The number of anilines is 1. The molecule has 24 heavy (non-hydrogen) atoms. The molecule has 2 rings (SSSR count). The van der Waals surface area contributed by atoms with E-state index in [9.17, 15) is 22.8 Å². The van der Waals surface area contributed by atoms with Gasteiger partial charge in [-0.1, -0.05) is 24.3 Å². The van der Waals surface area contributed by atoms with Gasteiger partial charge in [-0.3, -0.25) is 4.79 Å². The number of rotatable bonds is 6. The zero-order valence-corrected chi connectivity index (χ0v) is 12.4. The van der Waals surface area contributed by atoms with Gasteiger partial charge >= 0.3 is 12.1 Å². The molecule has 0 unspecified atom stereocenters. The lowest BCUT2D eigenvalue weighted by Crippen LogP contribution is -2.16. The second kappa shape index (κ2) is 7.20. The molecule has 0 aromatic heterocycles. The van der Waals surface area contributed by atoms with Crippen LogP contribution in [0.5, 0.6) is 5.75 Å². The van der Waals surface area contributed by atoms with Gasteiger partial charge in [0.25, 0.3) is 0 Å². The number of carbonyl (C=O) groups is 2. The van der Waals surface area contributed by atoms with Crippen molar-refractivity contribution in [2.75, 3.05) is 11.9 Å². The summed E-state index contributed by atoms with van der Waals surface area (Å²) in [6, 6.07) is 9.63. The van der Waals surface area contributed by atoms with Gasteiger partial charge in [-0.15, -0.1) is 0 Å². The Morgan fingerprint density at radius 1 is 1.08 bits per heavy atom. The molecule has 0 aliphatic heterocycles. The molecule has 128 valence electrons. The first-order valence-corrected chi connectivity index (χ1v) is 6.99. The zero-order chi connectivity index (χ0) is 17.7. The maximum absolute atomic E-state index is 12.2. The number of carbonyl (C=O) groups excluding carboxylic acids is 1. The van der Waals surface area contributed by atoms with Gasteiger partial charge in [0.15, 0.2) is 6.61 Å². The highest BCUT2D eigenvalue weighted by Gasteiger charge is 2.28. The van der Waals surface area contributed by atoms with E-state index >= 15 is 0 Å². The van der Waals surface area contributed by atoms with Gasteiger partial charge in [0.2, 0.25) is 5.91 Å². The van der Waals surface area contributed by atoms with Crippen LogP contribution in [-0.4, -0.2) is 29.8 Å². The number of benzene rings is 2. The molecular weight excluding hydrogens is 327 g/mol. The highest BCUT2D eigenvalue weighted by atomic mass is 19.4. The summed E-state index contributed by atoms with van der Waals surface area (Å²) in [6.07, 6.45) is -6.26. The van der Waals surface area contributed by atoms with E-state index in [1.54, 1.807) is 24.3 Å². The Labute approximate surface area is 135 Å². The van der Waals surface area contributed by atoms with Crippen LogP contribution < -0.4 is 10.1 Å². The van der Waals surface area contributed by atoms with Crippen LogP contribution in [0.4, 0.5) is 18.9 Å². The number of hydrogen-bond acceptors (Lipinski definition) is 3. The molecule has 0 radical (unpaired) electrons. The maximum atomic E-state index is 12.2. The van der Waals surface area contributed by atoms with Crippen LogP contribution in [-0.2, 0) is 9.59 Å². The minimum absolute atomic E-state index is 0.307. The molecule has 0 saturated heterocycles. The van der Waals surface area contributed by atoms with Crippen LogP contribution >= 0.6 is 0 Å². The third kappa shape index (κ3) is 4.87. The Bertz CT molecular complexity index is 759. The van der Waals surface area contributed by atoms with Crippen LogP contribution in [0.1, 0.15) is 12.8 Å². The lowest BCUT2D eigenvalue weighted by Gasteiger charge is -2.13. The van der Waals surface area contributed by atoms with Crippen molar-refractivity contribution in [2.45, 2.75) is 19.0 Å². The average molecular weight is 341 g/mol. The Morgan fingerprint density at radius 3 is 2.38 bits per heavy atom. The highest BCUT2D eigenvalue weighted by molar-refractivity contribution is 6.04. The van der Waals surface area contributed by atoms with Gasteiger partial charge in [0.05, 0.1) is 6.42 Å². The van der Waals surface area contributed by atoms with Crippen molar-refractivity contribution in [3.05, 3.63) is 36.4 Å². The standard InChI is InChI=1S/C16H14F3NO4/c17-16(18,19)8-7-14(21)20-12-5-6-13(24-9-15(22)23)11-4-2-1-3-10(11)12/h1-6H,7-9H2,(H,20,21)(H,22,23). The van der Waals surface area contributed by atoms with Crippen molar-refractivity contribution in [2.24, 2.45) is 0 Å². The summed E-state index contributed by atoms with van der Waals surface area (Å²) in [5.41, 5.74) is 0.334. The van der Waals surface area contributed by atoms with Crippen molar-refractivity contribution in [1.29, 1.82) is 0 Å². The highest BCUT2D eigenvalue weighted by Crippen LogP contribution is 2.32. The van der Waals surface area contributed by atoms with Crippen LogP contribution in [0.3, 0.4) is 0 Å². The van der Waals surface area contributed by atoms with Gasteiger partial charge in [-0.2, -0.15) is 13.2 Å².